The van der Waals surface area contributed by atoms with Crippen LogP contribution in [0.4, 0.5) is 5.69 Å². The second-order valence-corrected chi connectivity index (χ2v) is 5.40. The van der Waals surface area contributed by atoms with E-state index in [1.54, 1.807) is 0 Å². The molecule has 1 unspecified atom stereocenters. The molecule has 1 aromatic rings. The standard InChI is InChI=1S/C14H19ClN2O/c1-10-8-16-6-5-14(18)17(9-10)12-4-3-11(2)13(15)7-12/h3-4,7,10,16H,5-6,8-9H2,1-2H3. The van der Waals surface area contributed by atoms with Crippen molar-refractivity contribution in [2.75, 3.05) is 24.5 Å². The van der Waals surface area contributed by atoms with Crippen LogP contribution in [-0.4, -0.2) is 25.5 Å². The minimum absolute atomic E-state index is 0.161. The summed E-state index contributed by atoms with van der Waals surface area (Å²) in [5.74, 6) is 0.600. The first kappa shape index (κ1) is 13.4. The number of anilines is 1. The molecule has 1 atom stereocenters. The van der Waals surface area contributed by atoms with Crippen molar-refractivity contribution in [1.82, 2.24) is 5.32 Å². The number of hydrogen-bond donors (Lipinski definition) is 1. The third-order valence-electron chi connectivity index (χ3n) is 3.27. The molecule has 1 aromatic carbocycles. The number of aryl methyl sites for hydroxylation is 1. The molecule has 0 spiro atoms. The van der Waals surface area contributed by atoms with Crippen LogP contribution in [0.15, 0.2) is 18.2 Å². The first-order valence-electron chi connectivity index (χ1n) is 6.35. The smallest absolute Gasteiger partial charge is 0.228 e. The molecule has 0 aromatic heterocycles. The van der Waals surface area contributed by atoms with Gasteiger partial charge in [0.25, 0.3) is 0 Å². The lowest BCUT2D eigenvalue weighted by molar-refractivity contribution is -0.118. The number of nitrogens with zero attached hydrogens (tertiary/aromatic N) is 1. The molecule has 1 saturated heterocycles. The number of nitrogens with one attached hydrogen (secondary N) is 1. The van der Waals surface area contributed by atoms with Gasteiger partial charge in [0.15, 0.2) is 0 Å². The Bertz CT molecular complexity index is 447. The highest BCUT2D eigenvalue weighted by Crippen LogP contribution is 2.24. The Morgan fingerprint density at radius 2 is 2.22 bits per heavy atom. The van der Waals surface area contributed by atoms with E-state index in [2.05, 4.69) is 12.2 Å². The Balaban J connectivity index is 2.26. The molecule has 1 aliphatic rings. The minimum atomic E-state index is 0.161. The molecule has 1 aliphatic heterocycles. The molecule has 4 heteroatoms. The van der Waals surface area contributed by atoms with Crippen LogP contribution in [0.3, 0.4) is 0 Å². The van der Waals surface area contributed by atoms with Gasteiger partial charge < -0.3 is 10.2 Å². The van der Waals surface area contributed by atoms with Crippen LogP contribution < -0.4 is 10.2 Å². The minimum Gasteiger partial charge on any atom is -0.316 e. The van der Waals surface area contributed by atoms with E-state index >= 15 is 0 Å². The van der Waals surface area contributed by atoms with Crippen molar-refractivity contribution in [3.63, 3.8) is 0 Å². The zero-order valence-corrected chi connectivity index (χ0v) is 11.6. The van der Waals surface area contributed by atoms with Crippen molar-refractivity contribution in [3.05, 3.63) is 28.8 Å². The number of rotatable bonds is 1. The van der Waals surface area contributed by atoms with E-state index in [0.29, 0.717) is 17.4 Å². The van der Waals surface area contributed by atoms with Crippen LogP contribution in [-0.2, 0) is 4.79 Å². The molecule has 1 heterocycles. The highest BCUT2D eigenvalue weighted by Gasteiger charge is 2.20. The number of halogens is 1. The van der Waals surface area contributed by atoms with E-state index < -0.39 is 0 Å². The molecule has 0 radical (unpaired) electrons. The maximum absolute atomic E-state index is 12.2. The normalized spacial score (nSPS) is 21.6. The Labute approximate surface area is 113 Å². The summed E-state index contributed by atoms with van der Waals surface area (Å²) in [6, 6.07) is 5.82. The molecule has 2 rings (SSSR count). The van der Waals surface area contributed by atoms with Gasteiger partial charge >= 0.3 is 0 Å². The van der Waals surface area contributed by atoms with E-state index in [4.69, 9.17) is 11.6 Å². The van der Waals surface area contributed by atoms with Gasteiger partial charge in [0.2, 0.25) is 5.91 Å². The van der Waals surface area contributed by atoms with Crippen LogP contribution in [0.5, 0.6) is 0 Å². The number of amides is 1. The monoisotopic (exact) mass is 266 g/mol. The highest BCUT2D eigenvalue weighted by molar-refractivity contribution is 6.31. The summed E-state index contributed by atoms with van der Waals surface area (Å²) >= 11 is 6.14. The molecule has 98 valence electrons. The van der Waals surface area contributed by atoms with Gasteiger partial charge in [-0.2, -0.15) is 0 Å². The largest absolute Gasteiger partial charge is 0.316 e. The van der Waals surface area contributed by atoms with Gasteiger partial charge in [-0.3, -0.25) is 4.79 Å². The van der Waals surface area contributed by atoms with Crippen molar-refractivity contribution >= 4 is 23.2 Å². The lowest BCUT2D eigenvalue weighted by atomic mass is 10.1. The fraction of sp³-hybridized carbons (Fsp3) is 0.500. The predicted molar refractivity (Wildman–Crippen MR) is 75.2 cm³/mol. The summed E-state index contributed by atoms with van der Waals surface area (Å²) in [5.41, 5.74) is 1.94. The highest BCUT2D eigenvalue weighted by atomic mass is 35.5. The quantitative estimate of drug-likeness (QED) is 0.848. The molecular formula is C14H19ClN2O. The first-order valence-corrected chi connectivity index (χ1v) is 6.73. The number of carbonyl (C=O) groups is 1. The van der Waals surface area contributed by atoms with Gasteiger partial charge in [-0.05, 0) is 37.1 Å². The Kier molecular flexibility index (Phi) is 4.25. The molecule has 0 aliphatic carbocycles. The van der Waals surface area contributed by atoms with Gasteiger partial charge in [-0.1, -0.05) is 24.6 Å². The topological polar surface area (TPSA) is 32.3 Å². The fourth-order valence-corrected chi connectivity index (χ4v) is 2.33. The second kappa shape index (κ2) is 5.72. The van der Waals surface area contributed by atoms with Crippen molar-refractivity contribution in [2.45, 2.75) is 20.3 Å². The third-order valence-corrected chi connectivity index (χ3v) is 3.68. The zero-order chi connectivity index (χ0) is 13.1. The molecular weight excluding hydrogens is 248 g/mol. The number of benzene rings is 1. The van der Waals surface area contributed by atoms with Crippen LogP contribution in [0.25, 0.3) is 0 Å². The van der Waals surface area contributed by atoms with E-state index in [1.807, 2.05) is 30.0 Å². The van der Waals surface area contributed by atoms with Gasteiger partial charge in [0.1, 0.15) is 0 Å². The van der Waals surface area contributed by atoms with Crippen LogP contribution in [0.2, 0.25) is 5.02 Å². The van der Waals surface area contributed by atoms with Crippen molar-refractivity contribution in [1.29, 1.82) is 0 Å². The lowest BCUT2D eigenvalue weighted by Crippen LogP contribution is -2.42. The SMILES string of the molecule is Cc1ccc(N2CC(C)CNCCC2=O)cc1Cl. The average Bonchev–Trinajstić information content (AvgIpc) is 2.33. The Morgan fingerprint density at radius 1 is 1.44 bits per heavy atom. The predicted octanol–water partition coefficient (Wildman–Crippen LogP) is 2.61. The lowest BCUT2D eigenvalue weighted by Gasteiger charge is -2.29. The summed E-state index contributed by atoms with van der Waals surface area (Å²) in [5, 5.41) is 4.00. The number of carbonyl (C=O) groups excluding carboxylic acids is 1. The molecule has 18 heavy (non-hydrogen) atoms. The van der Waals surface area contributed by atoms with Gasteiger partial charge in [-0.15, -0.1) is 0 Å². The van der Waals surface area contributed by atoms with E-state index in [9.17, 15) is 4.79 Å². The van der Waals surface area contributed by atoms with E-state index in [-0.39, 0.29) is 5.91 Å². The fourth-order valence-electron chi connectivity index (χ4n) is 2.16. The Morgan fingerprint density at radius 3 is 2.94 bits per heavy atom. The number of hydrogen-bond acceptors (Lipinski definition) is 2. The zero-order valence-electron chi connectivity index (χ0n) is 10.9. The molecule has 3 nitrogen and oxygen atoms in total. The second-order valence-electron chi connectivity index (χ2n) is 5.00. The molecule has 1 fully saturated rings. The van der Waals surface area contributed by atoms with Crippen molar-refractivity contribution in [3.8, 4) is 0 Å². The van der Waals surface area contributed by atoms with Gasteiger partial charge in [0, 0.05) is 30.2 Å². The molecule has 1 N–H and O–H groups in total. The van der Waals surface area contributed by atoms with Crippen LogP contribution in [0, 0.1) is 12.8 Å². The molecule has 0 saturated carbocycles. The maximum Gasteiger partial charge on any atom is 0.228 e. The van der Waals surface area contributed by atoms with Crippen LogP contribution in [0.1, 0.15) is 18.9 Å². The summed E-state index contributed by atoms with van der Waals surface area (Å²) < 4.78 is 0. The average molecular weight is 267 g/mol. The third kappa shape index (κ3) is 3.03. The summed E-state index contributed by atoms with van der Waals surface area (Å²) in [6.45, 7) is 6.55. The van der Waals surface area contributed by atoms with Gasteiger partial charge in [0.05, 0.1) is 0 Å². The first-order chi connectivity index (χ1) is 8.58. The van der Waals surface area contributed by atoms with Crippen molar-refractivity contribution in [2.24, 2.45) is 5.92 Å². The van der Waals surface area contributed by atoms with Crippen LogP contribution >= 0.6 is 11.6 Å². The molecule has 1 amide bonds. The summed E-state index contributed by atoms with van der Waals surface area (Å²) in [4.78, 5) is 14.0. The summed E-state index contributed by atoms with van der Waals surface area (Å²) in [6.07, 6.45) is 0.540. The maximum atomic E-state index is 12.2. The molecule has 0 bridgehead atoms. The Hall–Kier alpha value is -1.06. The van der Waals surface area contributed by atoms with Gasteiger partial charge in [-0.25, -0.2) is 0 Å². The van der Waals surface area contributed by atoms with E-state index in [0.717, 1.165) is 30.9 Å². The van der Waals surface area contributed by atoms with E-state index in [1.165, 1.54) is 0 Å². The van der Waals surface area contributed by atoms with Crippen molar-refractivity contribution < 1.29 is 4.79 Å². The summed E-state index contributed by atoms with van der Waals surface area (Å²) in [7, 11) is 0.